The summed E-state index contributed by atoms with van der Waals surface area (Å²) < 4.78 is 23.3. The lowest BCUT2D eigenvalue weighted by molar-refractivity contribution is -0.114. The molecule has 1 amide bonds. The first-order chi connectivity index (χ1) is 12.6. The van der Waals surface area contributed by atoms with Gasteiger partial charge in [-0.1, -0.05) is 34.8 Å². The Morgan fingerprint density at radius 2 is 1.89 bits per heavy atom. The van der Waals surface area contributed by atoms with Gasteiger partial charge >= 0.3 is 6.16 Å². The number of nitrogens with zero attached hydrogens (tertiary/aromatic N) is 1. The van der Waals surface area contributed by atoms with Gasteiger partial charge in [0.1, 0.15) is 11.2 Å². The van der Waals surface area contributed by atoms with Crippen molar-refractivity contribution >= 4 is 52.6 Å². The molecular weight excluding hydrogens is 422 g/mol. The van der Waals surface area contributed by atoms with Crippen LogP contribution in [0.25, 0.3) is 11.3 Å². The number of methoxy groups -OCH3 is 1. The van der Waals surface area contributed by atoms with E-state index in [1.165, 1.54) is 32.0 Å². The Morgan fingerprint density at radius 3 is 2.44 bits per heavy atom. The fourth-order valence-corrected chi connectivity index (χ4v) is 3.20. The summed E-state index contributed by atoms with van der Waals surface area (Å²) in [7, 11) is 1.11. The van der Waals surface area contributed by atoms with E-state index < -0.39 is 18.2 Å². The van der Waals surface area contributed by atoms with Gasteiger partial charge in [0.25, 0.3) is 0 Å². The molecule has 1 atom stereocenters. The highest BCUT2D eigenvalue weighted by atomic mass is 35.5. The second-order valence-electron chi connectivity index (χ2n) is 5.35. The first-order valence-corrected chi connectivity index (χ1v) is 8.65. The number of carbonyl (C=O) groups is 2. The zero-order chi connectivity index (χ0) is 20.3. The average Bonchev–Trinajstić information content (AvgIpc) is 2.57. The summed E-state index contributed by atoms with van der Waals surface area (Å²) in [5, 5.41) is 2.56. The molecule has 1 N–H and O–H groups in total. The smallest absolute Gasteiger partial charge is 0.437 e. The third-order valence-corrected chi connectivity index (χ3v) is 4.49. The molecule has 0 saturated carbocycles. The lowest BCUT2D eigenvalue weighted by Gasteiger charge is -2.15. The molecule has 144 valence electrons. The van der Waals surface area contributed by atoms with Gasteiger partial charge in [0, 0.05) is 23.1 Å². The highest BCUT2D eigenvalue weighted by molar-refractivity contribution is 6.38. The Bertz CT molecular complexity index is 906. The Hall–Kier alpha value is -2.09. The monoisotopic (exact) mass is 434 g/mol. The zero-order valence-electron chi connectivity index (χ0n) is 14.4. The van der Waals surface area contributed by atoms with E-state index in [0.717, 1.165) is 7.11 Å². The topological polar surface area (TPSA) is 77.5 Å². The lowest BCUT2D eigenvalue weighted by atomic mass is 10.0. The molecule has 1 aromatic heterocycles. The minimum absolute atomic E-state index is 0.0325. The molecule has 2 aromatic rings. The van der Waals surface area contributed by atoms with Gasteiger partial charge < -0.3 is 14.8 Å². The molecule has 0 spiro atoms. The number of hydrogen-bond acceptors (Lipinski definition) is 5. The number of amides is 1. The molecule has 0 bridgehead atoms. The number of pyridine rings is 1. The second-order valence-corrected chi connectivity index (χ2v) is 6.51. The first-order valence-electron chi connectivity index (χ1n) is 7.52. The Kier molecular flexibility index (Phi) is 6.86. The van der Waals surface area contributed by atoms with Crippen molar-refractivity contribution < 1.29 is 23.5 Å². The maximum Gasteiger partial charge on any atom is 0.514 e. The molecule has 1 aromatic carbocycles. The molecule has 10 heteroatoms. The molecule has 0 aliphatic heterocycles. The zero-order valence-corrected chi connectivity index (χ0v) is 16.7. The van der Waals surface area contributed by atoms with Crippen LogP contribution in [0.4, 0.5) is 14.9 Å². The fraction of sp³-hybridized carbons (Fsp3) is 0.235. The molecule has 0 aliphatic carbocycles. The van der Waals surface area contributed by atoms with Crippen molar-refractivity contribution in [1.82, 2.24) is 4.98 Å². The predicted octanol–water partition coefficient (Wildman–Crippen LogP) is 5.84. The second kappa shape index (κ2) is 8.73. The van der Waals surface area contributed by atoms with Crippen molar-refractivity contribution in [3.63, 3.8) is 0 Å². The van der Waals surface area contributed by atoms with Crippen LogP contribution in [0.2, 0.25) is 15.1 Å². The van der Waals surface area contributed by atoms with Crippen LogP contribution in [0.15, 0.2) is 18.2 Å². The van der Waals surface area contributed by atoms with Gasteiger partial charge in [-0.2, -0.15) is 0 Å². The van der Waals surface area contributed by atoms with Crippen molar-refractivity contribution in [2.24, 2.45) is 0 Å². The molecule has 1 unspecified atom stereocenters. The molecule has 2 rings (SSSR count). The lowest BCUT2D eigenvalue weighted by Crippen LogP contribution is -2.12. The van der Waals surface area contributed by atoms with Gasteiger partial charge in [0.05, 0.1) is 23.5 Å². The molecule has 27 heavy (non-hydrogen) atoms. The quantitative estimate of drug-likeness (QED) is 0.610. The SMILES string of the molecule is COC(=O)Oc1nc(-c2ccc(Cl)c(C(C)F)c2Cl)cc(NC(C)=O)c1Cl. The largest absolute Gasteiger partial charge is 0.514 e. The summed E-state index contributed by atoms with van der Waals surface area (Å²) in [6.45, 7) is 2.57. The third kappa shape index (κ3) is 4.80. The third-order valence-electron chi connectivity index (χ3n) is 3.38. The van der Waals surface area contributed by atoms with Gasteiger partial charge in [-0.3, -0.25) is 4.79 Å². The van der Waals surface area contributed by atoms with Gasteiger partial charge in [-0.05, 0) is 25.1 Å². The van der Waals surface area contributed by atoms with E-state index >= 15 is 0 Å². The van der Waals surface area contributed by atoms with E-state index in [2.05, 4.69) is 15.0 Å². The van der Waals surface area contributed by atoms with Crippen LogP contribution in [-0.4, -0.2) is 24.2 Å². The van der Waals surface area contributed by atoms with Crippen molar-refractivity contribution in [3.05, 3.63) is 38.8 Å². The molecule has 0 radical (unpaired) electrons. The van der Waals surface area contributed by atoms with E-state index in [1.54, 1.807) is 0 Å². The van der Waals surface area contributed by atoms with Crippen molar-refractivity contribution in [2.75, 3.05) is 12.4 Å². The number of anilines is 1. The van der Waals surface area contributed by atoms with Crippen LogP contribution in [-0.2, 0) is 9.53 Å². The van der Waals surface area contributed by atoms with E-state index in [1.807, 2.05) is 0 Å². The molecular formula is C17H14Cl3FN2O4. The minimum atomic E-state index is -1.43. The van der Waals surface area contributed by atoms with Gasteiger partial charge in [0.2, 0.25) is 11.8 Å². The van der Waals surface area contributed by atoms with Gasteiger partial charge in [-0.15, -0.1) is 0 Å². The number of alkyl halides is 1. The Balaban J connectivity index is 2.69. The van der Waals surface area contributed by atoms with Crippen LogP contribution in [0.5, 0.6) is 5.88 Å². The molecule has 0 saturated heterocycles. The number of nitrogens with one attached hydrogen (secondary N) is 1. The van der Waals surface area contributed by atoms with E-state index in [9.17, 15) is 14.0 Å². The number of rotatable bonds is 4. The number of ether oxygens (including phenoxy) is 2. The van der Waals surface area contributed by atoms with Crippen LogP contribution >= 0.6 is 34.8 Å². The van der Waals surface area contributed by atoms with Crippen LogP contribution in [0.3, 0.4) is 0 Å². The summed E-state index contributed by atoms with van der Waals surface area (Å²) in [6.07, 6.45) is -2.49. The summed E-state index contributed by atoms with van der Waals surface area (Å²) >= 11 is 18.5. The van der Waals surface area contributed by atoms with E-state index in [-0.39, 0.29) is 37.9 Å². The Labute approximate surface area is 169 Å². The molecule has 0 fully saturated rings. The number of halogens is 4. The van der Waals surface area contributed by atoms with Crippen LogP contribution in [0, 0.1) is 0 Å². The van der Waals surface area contributed by atoms with Gasteiger partial charge in [0.15, 0.2) is 0 Å². The maximum atomic E-state index is 13.9. The molecule has 6 nitrogen and oxygen atoms in total. The van der Waals surface area contributed by atoms with Crippen LogP contribution in [0.1, 0.15) is 25.6 Å². The molecule has 0 aliphatic rings. The van der Waals surface area contributed by atoms with Crippen molar-refractivity contribution in [2.45, 2.75) is 20.0 Å². The summed E-state index contributed by atoms with van der Waals surface area (Å²) in [4.78, 5) is 27.0. The first kappa shape index (κ1) is 21.2. The fourth-order valence-electron chi connectivity index (χ4n) is 2.24. The highest BCUT2D eigenvalue weighted by Crippen LogP contribution is 2.41. The summed E-state index contributed by atoms with van der Waals surface area (Å²) in [5.74, 6) is -0.732. The average molecular weight is 436 g/mol. The van der Waals surface area contributed by atoms with Crippen molar-refractivity contribution in [1.29, 1.82) is 0 Å². The number of hydrogen-bond donors (Lipinski definition) is 1. The van der Waals surface area contributed by atoms with E-state index in [0.29, 0.717) is 5.56 Å². The summed E-state index contributed by atoms with van der Waals surface area (Å²) in [6, 6.07) is 4.39. The Morgan fingerprint density at radius 1 is 1.22 bits per heavy atom. The van der Waals surface area contributed by atoms with Gasteiger partial charge in [-0.25, -0.2) is 14.2 Å². The maximum absolute atomic E-state index is 13.9. The number of benzene rings is 1. The normalized spacial score (nSPS) is 11.7. The molecule has 1 heterocycles. The van der Waals surface area contributed by atoms with Crippen LogP contribution < -0.4 is 10.1 Å². The van der Waals surface area contributed by atoms with Crippen molar-refractivity contribution in [3.8, 4) is 17.1 Å². The summed E-state index contributed by atoms with van der Waals surface area (Å²) in [5.41, 5.74) is 0.683. The highest BCUT2D eigenvalue weighted by Gasteiger charge is 2.22. The number of carbonyl (C=O) groups excluding carboxylic acids is 2. The minimum Gasteiger partial charge on any atom is -0.437 e. The van der Waals surface area contributed by atoms with E-state index in [4.69, 9.17) is 39.5 Å². The standard InChI is InChI=1S/C17H14Cl3FN2O4/c1-7(21)13-10(18)5-4-9(14(13)19)11-6-12(22-8(2)24)15(20)16(23-11)27-17(25)26-3/h4-7H,1-3H3,(H,22,23,24). The predicted molar refractivity (Wildman–Crippen MR) is 102 cm³/mol. The number of aromatic nitrogens is 1.